The van der Waals surface area contributed by atoms with Gasteiger partial charge < -0.3 is 20.3 Å². The summed E-state index contributed by atoms with van der Waals surface area (Å²) < 4.78 is 4.12. The first-order chi connectivity index (χ1) is 6.54. The van der Waals surface area contributed by atoms with Crippen molar-refractivity contribution in [2.75, 3.05) is 20.2 Å². The smallest absolute Gasteiger partial charge is 0.338 e. The lowest BCUT2D eigenvalue weighted by Crippen LogP contribution is -2.46. The summed E-state index contributed by atoms with van der Waals surface area (Å²) >= 11 is 0. The van der Waals surface area contributed by atoms with E-state index in [2.05, 4.69) is 10.1 Å². The number of aliphatic hydroxyl groups is 2. The molecule has 14 heavy (non-hydrogen) atoms. The van der Waals surface area contributed by atoms with Crippen LogP contribution in [0, 0.1) is 0 Å². The number of carbonyl (C=O) groups excluding carboxylic acids is 2. The maximum absolute atomic E-state index is 11.0. The van der Waals surface area contributed by atoms with Crippen LogP contribution in [-0.4, -0.2) is 54.5 Å². The van der Waals surface area contributed by atoms with E-state index in [4.69, 9.17) is 15.9 Å². The highest BCUT2D eigenvalue weighted by atomic mass is 16.5. The summed E-state index contributed by atoms with van der Waals surface area (Å²) in [6.45, 7) is -0.00341. The molecule has 81 valence electrons. The third kappa shape index (κ3) is 3.69. The fourth-order valence-corrected chi connectivity index (χ4v) is 0.683. The summed E-state index contributed by atoms with van der Waals surface area (Å²) in [5, 5.41) is 20.3. The second kappa shape index (κ2) is 6.30. The van der Waals surface area contributed by atoms with Crippen LogP contribution < -0.4 is 11.1 Å². The Hall–Kier alpha value is -1.18. The molecule has 0 heterocycles. The van der Waals surface area contributed by atoms with Gasteiger partial charge in [-0.15, -0.1) is 0 Å². The molecule has 1 radical (unpaired) electrons. The number of nitrogens with one attached hydrogen (secondary N) is 2. The Balaban J connectivity index is 4.10. The van der Waals surface area contributed by atoms with E-state index in [1.54, 1.807) is 0 Å². The Bertz CT molecular complexity index is 208. The Morgan fingerprint density at radius 1 is 1.43 bits per heavy atom. The van der Waals surface area contributed by atoms with Crippen LogP contribution in [0.15, 0.2) is 0 Å². The lowest BCUT2D eigenvalue weighted by Gasteiger charge is -2.14. The molecule has 1 amide bonds. The fraction of sp³-hybridized carbons (Fsp3) is 0.714. The van der Waals surface area contributed by atoms with E-state index >= 15 is 0 Å². The largest absolute Gasteiger partial charge is 0.467 e. The van der Waals surface area contributed by atoms with Crippen molar-refractivity contribution in [3.63, 3.8) is 0 Å². The summed E-state index contributed by atoms with van der Waals surface area (Å²) in [5.74, 6) is -1.99. The molecule has 0 spiro atoms. The predicted octanol–water partition coefficient (Wildman–Crippen LogP) is -2.72. The highest BCUT2D eigenvalue weighted by molar-refractivity contribution is 5.88. The Kier molecular flexibility index (Phi) is 5.77. The molecule has 0 aliphatic carbocycles. The number of rotatable bonds is 5. The molecule has 2 unspecified atom stereocenters. The van der Waals surface area contributed by atoms with Crippen LogP contribution >= 0.6 is 0 Å². The maximum atomic E-state index is 11.0. The third-order valence-corrected chi connectivity index (χ3v) is 1.43. The van der Waals surface area contributed by atoms with E-state index in [1.807, 2.05) is 0 Å². The van der Waals surface area contributed by atoms with Gasteiger partial charge in [-0.3, -0.25) is 10.5 Å². The predicted molar refractivity (Wildman–Crippen MR) is 45.0 cm³/mol. The first-order valence-electron chi connectivity index (χ1n) is 3.90. The van der Waals surface area contributed by atoms with Gasteiger partial charge in [0, 0.05) is 13.1 Å². The first-order valence-corrected chi connectivity index (χ1v) is 3.90. The zero-order valence-corrected chi connectivity index (χ0v) is 7.69. The highest BCUT2D eigenvalue weighted by Crippen LogP contribution is 1.96. The van der Waals surface area contributed by atoms with Crippen molar-refractivity contribution in [2.24, 2.45) is 0 Å². The van der Waals surface area contributed by atoms with Crippen LogP contribution in [0.2, 0.25) is 0 Å². The minimum atomic E-state index is -1.90. The van der Waals surface area contributed by atoms with Crippen molar-refractivity contribution in [3.8, 4) is 0 Å². The zero-order chi connectivity index (χ0) is 11.1. The molecule has 0 aliphatic heterocycles. The molecule has 2 atom stereocenters. The summed E-state index contributed by atoms with van der Waals surface area (Å²) in [6.07, 6.45) is -3.76. The maximum Gasteiger partial charge on any atom is 0.338 e. The van der Waals surface area contributed by atoms with Crippen LogP contribution in [0.1, 0.15) is 0 Å². The highest BCUT2D eigenvalue weighted by Gasteiger charge is 2.30. The molecule has 0 rings (SSSR count). The van der Waals surface area contributed by atoms with E-state index in [9.17, 15) is 9.59 Å². The molecular formula is C7H13N2O5. The average molecular weight is 205 g/mol. The number of ether oxygens (including phenoxy) is 1. The third-order valence-electron chi connectivity index (χ3n) is 1.43. The van der Waals surface area contributed by atoms with Crippen LogP contribution in [-0.2, 0) is 14.3 Å². The summed E-state index contributed by atoms with van der Waals surface area (Å²) in [7, 11) is 1.03. The monoisotopic (exact) mass is 205 g/mol. The van der Waals surface area contributed by atoms with Crippen molar-refractivity contribution in [1.82, 2.24) is 11.1 Å². The number of hydrogen-bond donors (Lipinski definition) is 3. The van der Waals surface area contributed by atoms with Gasteiger partial charge in [-0.05, 0) is 0 Å². The number of esters is 1. The quantitative estimate of drug-likeness (QED) is 0.421. The van der Waals surface area contributed by atoms with Gasteiger partial charge >= 0.3 is 5.97 Å². The second-order valence-corrected chi connectivity index (χ2v) is 2.45. The van der Waals surface area contributed by atoms with Gasteiger partial charge in [0.1, 0.15) is 0 Å². The minimum absolute atomic E-state index is 0.0454. The Morgan fingerprint density at radius 3 is 2.43 bits per heavy atom. The van der Waals surface area contributed by atoms with Crippen LogP contribution in [0.4, 0.5) is 0 Å². The summed E-state index contributed by atoms with van der Waals surface area (Å²) in [4.78, 5) is 21.6. The van der Waals surface area contributed by atoms with Crippen LogP contribution in [0.25, 0.3) is 0 Å². The van der Waals surface area contributed by atoms with Crippen LogP contribution in [0.5, 0.6) is 0 Å². The molecule has 0 saturated heterocycles. The molecule has 0 aromatic carbocycles. The van der Waals surface area contributed by atoms with Gasteiger partial charge in [0.25, 0.3) is 5.91 Å². The number of amides is 1. The molecular weight excluding hydrogens is 192 g/mol. The van der Waals surface area contributed by atoms with E-state index in [0.717, 1.165) is 7.11 Å². The molecule has 0 aliphatic rings. The van der Waals surface area contributed by atoms with Gasteiger partial charge in [-0.2, -0.15) is 0 Å². The molecule has 7 nitrogen and oxygen atoms in total. The number of carbonyl (C=O) groups is 2. The standard InChI is InChI=1S/C7H13N2O5/c1-14-7(13)5(11)4(10)6(12)9-3-2-8/h4-5,8,10-11H,2-3H2,1H3,(H,9,12). The van der Waals surface area contributed by atoms with Gasteiger partial charge in [0.2, 0.25) is 0 Å². The topological polar surface area (TPSA) is 120 Å². The average Bonchev–Trinajstić information content (AvgIpc) is 2.22. The van der Waals surface area contributed by atoms with Gasteiger partial charge in [0.15, 0.2) is 12.2 Å². The lowest BCUT2D eigenvalue weighted by molar-refractivity contribution is -0.161. The molecule has 7 heteroatoms. The molecule has 0 saturated carbocycles. The minimum Gasteiger partial charge on any atom is -0.467 e. The summed E-state index contributed by atoms with van der Waals surface area (Å²) in [5.41, 5.74) is 6.71. The van der Waals surface area contributed by atoms with Crippen molar-refractivity contribution in [3.05, 3.63) is 0 Å². The number of hydrogen-bond acceptors (Lipinski definition) is 5. The SMILES string of the molecule is COC(=O)C(O)C(O)C(=O)NCC[NH]. The van der Waals surface area contributed by atoms with Crippen molar-refractivity contribution in [1.29, 1.82) is 0 Å². The van der Waals surface area contributed by atoms with Crippen molar-refractivity contribution < 1.29 is 24.5 Å². The first kappa shape index (κ1) is 12.8. The zero-order valence-electron chi connectivity index (χ0n) is 7.69. The van der Waals surface area contributed by atoms with Gasteiger partial charge in [0.05, 0.1) is 7.11 Å². The van der Waals surface area contributed by atoms with Crippen molar-refractivity contribution in [2.45, 2.75) is 12.2 Å². The molecule has 0 bridgehead atoms. The van der Waals surface area contributed by atoms with E-state index in [0.29, 0.717) is 0 Å². The summed E-state index contributed by atoms with van der Waals surface area (Å²) in [6, 6.07) is 0. The molecule has 0 aromatic rings. The molecule has 0 fully saturated rings. The number of methoxy groups -OCH3 is 1. The fourth-order valence-electron chi connectivity index (χ4n) is 0.683. The molecule has 0 aromatic heterocycles. The lowest BCUT2D eigenvalue weighted by atomic mass is 10.2. The normalized spacial score (nSPS) is 14.3. The van der Waals surface area contributed by atoms with Crippen LogP contribution in [0.3, 0.4) is 0 Å². The number of aliphatic hydroxyl groups excluding tert-OH is 2. The van der Waals surface area contributed by atoms with Gasteiger partial charge in [-0.25, -0.2) is 4.79 Å². The second-order valence-electron chi connectivity index (χ2n) is 2.45. The Labute approximate surface area is 80.8 Å². The van der Waals surface area contributed by atoms with Gasteiger partial charge in [-0.1, -0.05) is 0 Å². The van der Waals surface area contributed by atoms with E-state index < -0.39 is 24.1 Å². The van der Waals surface area contributed by atoms with E-state index in [-0.39, 0.29) is 13.1 Å². The molecule has 4 N–H and O–H groups in total. The van der Waals surface area contributed by atoms with Crippen molar-refractivity contribution >= 4 is 11.9 Å². The van der Waals surface area contributed by atoms with E-state index in [1.165, 1.54) is 0 Å². The Morgan fingerprint density at radius 2 is 2.00 bits per heavy atom.